The Balaban J connectivity index is 1.92. The molecule has 2 rings (SSSR count). The van der Waals surface area contributed by atoms with Crippen LogP contribution in [0.15, 0.2) is 30.3 Å². The van der Waals surface area contributed by atoms with Crippen LogP contribution in [-0.2, 0) is 27.2 Å². The van der Waals surface area contributed by atoms with Gasteiger partial charge in [-0.3, -0.25) is 24.8 Å². The number of hydrogen-bond acceptors (Lipinski definition) is 5. The largest absolute Gasteiger partial charge is 0.508 e. The van der Waals surface area contributed by atoms with Gasteiger partial charge in [-0.25, -0.2) is 0 Å². The highest BCUT2D eigenvalue weighted by Crippen LogP contribution is 2.21. The average molecular weight is 469 g/mol. The lowest BCUT2D eigenvalue weighted by molar-refractivity contribution is -0.140. The molecule has 0 unspecified atom stereocenters. The Bertz CT molecular complexity index is 1010. The van der Waals surface area contributed by atoms with Crippen LogP contribution in [0.4, 0.5) is 0 Å². The number of hydrazine groups is 1. The van der Waals surface area contributed by atoms with Gasteiger partial charge in [0.1, 0.15) is 5.75 Å². The predicted octanol–water partition coefficient (Wildman–Crippen LogP) is 2.12. The van der Waals surface area contributed by atoms with E-state index in [1.54, 1.807) is 12.1 Å². The van der Waals surface area contributed by atoms with E-state index in [4.69, 9.17) is 5.73 Å². The van der Waals surface area contributed by atoms with Crippen LogP contribution in [0.25, 0.3) is 0 Å². The van der Waals surface area contributed by atoms with Crippen molar-refractivity contribution in [1.29, 1.82) is 0 Å². The summed E-state index contributed by atoms with van der Waals surface area (Å²) in [5, 5.41) is 13.7. The molecule has 0 aliphatic heterocycles. The molecule has 3 amide bonds. The number of nitrogens with two attached hydrogens (primary N) is 1. The molecular weight excluding hydrogens is 432 g/mol. The summed E-state index contributed by atoms with van der Waals surface area (Å²) in [5.74, 6) is -0.761. The summed E-state index contributed by atoms with van der Waals surface area (Å²) in [4.78, 5) is 36.9. The van der Waals surface area contributed by atoms with E-state index >= 15 is 0 Å². The van der Waals surface area contributed by atoms with Crippen molar-refractivity contribution in [3.63, 3.8) is 0 Å². The number of aryl methyl sites for hydroxylation is 4. The molecule has 0 aliphatic carbocycles. The highest BCUT2D eigenvalue weighted by atomic mass is 16.3. The van der Waals surface area contributed by atoms with E-state index in [0.717, 1.165) is 33.4 Å². The van der Waals surface area contributed by atoms with Gasteiger partial charge in [-0.05, 0) is 86.1 Å². The Kier molecular flexibility index (Phi) is 9.62. The SMILES string of the molecule is CC(=O)NN(CCNC(=O)[C@@H](N)Cc1c(C)cc(O)cc1C)C(=O)CCc1c(C)cccc1C. The Hall–Kier alpha value is -3.39. The molecule has 0 spiro atoms. The van der Waals surface area contributed by atoms with Crippen molar-refractivity contribution in [3.8, 4) is 5.75 Å². The van der Waals surface area contributed by atoms with Crippen LogP contribution >= 0.6 is 0 Å². The highest BCUT2D eigenvalue weighted by Gasteiger charge is 2.19. The third kappa shape index (κ3) is 7.59. The van der Waals surface area contributed by atoms with Crippen LogP contribution in [0, 0.1) is 27.7 Å². The van der Waals surface area contributed by atoms with Gasteiger partial charge in [-0.1, -0.05) is 18.2 Å². The summed E-state index contributed by atoms with van der Waals surface area (Å²) in [7, 11) is 0. The maximum absolute atomic E-state index is 12.8. The fourth-order valence-corrected chi connectivity index (χ4v) is 4.07. The summed E-state index contributed by atoms with van der Waals surface area (Å²) < 4.78 is 0. The first-order chi connectivity index (χ1) is 16.0. The van der Waals surface area contributed by atoms with E-state index in [9.17, 15) is 19.5 Å². The van der Waals surface area contributed by atoms with Gasteiger partial charge in [0.2, 0.25) is 17.7 Å². The molecule has 0 fully saturated rings. The first-order valence-electron chi connectivity index (χ1n) is 11.4. The summed E-state index contributed by atoms with van der Waals surface area (Å²) in [6.45, 7) is 9.36. The van der Waals surface area contributed by atoms with Gasteiger partial charge in [0.25, 0.3) is 0 Å². The van der Waals surface area contributed by atoms with Gasteiger partial charge in [0, 0.05) is 19.9 Å². The second-order valence-electron chi connectivity index (χ2n) is 8.74. The maximum Gasteiger partial charge on any atom is 0.241 e. The smallest absolute Gasteiger partial charge is 0.241 e. The molecule has 0 aliphatic rings. The third-order valence-corrected chi connectivity index (χ3v) is 5.90. The Morgan fingerprint density at radius 3 is 2.15 bits per heavy atom. The summed E-state index contributed by atoms with van der Waals surface area (Å²) in [6, 6.07) is 8.51. The van der Waals surface area contributed by atoms with Gasteiger partial charge in [0.05, 0.1) is 12.6 Å². The quantitative estimate of drug-likeness (QED) is 0.420. The molecule has 1 atom stereocenters. The van der Waals surface area contributed by atoms with Crippen molar-refractivity contribution in [2.24, 2.45) is 5.73 Å². The van der Waals surface area contributed by atoms with Crippen molar-refractivity contribution < 1.29 is 19.5 Å². The summed E-state index contributed by atoms with van der Waals surface area (Å²) in [6.07, 6.45) is 1.13. The Labute approximate surface area is 201 Å². The number of phenols is 1. The topological polar surface area (TPSA) is 125 Å². The number of benzene rings is 2. The minimum Gasteiger partial charge on any atom is -0.508 e. The van der Waals surface area contributed by atoms with E-state index in [0.29, 0.717) is 12.8 Å². The molecule has 0 aromatic heterocycles. The van der Waals surface area contributed by atoms with Crippen LogP contribution in [0.3, 0.4) is 0 Å². The van der Waals surface area contributed by atoms with E-state index in [-0.39, 0.29) is 43.0 Å². The summed E-state index contributed by atoms with van der Waals surface area (Å²) >= 11 is 0. The molecule has 2 aromatic rings. The predicted molar refractivity (Wildman–Crippen MR) is 132 cm³/mol. The lowest BCUT2D eigenvalue weighted by Crippen LogP contribution is -2.50. The van der Waals surface area contributed by atoms with Crippen LogP contribution < -0.4 is 16.5 Å². The summed E-state index contributed by atoms with van der Waals surface area (Å²) in [5.41, 5.74) is 14.7. The number of hydrogen-bond donors (Lipinski definition) is 4. The third-order valence-electron chi connectivity index (χ3n) is 5.90. The van der Waals surface area contributed by atoms with Gasteiger partial charge >= 0.3 is 0 Å². The zero-order chi connectivity index (χ0) is 25.4. The van der Waals surface area contributed by atoms with Gasteiger partial charge < -0.3 is 16.2 Å². The zero-order valence-corrected chi connectivity index (χ0v) is 20.7. The monoisotopic (exact) mass is 468 g/mol. The standard InChI is InChI=1S/C26H36N4O4/c1-16-7-6-8-17(2)22(16)9-10-25(33)30(29-20(5)31)12-11-28-26(34)24(27)15-23-18(3)13-21(32)14-19(23)4/h6-8,13-14,24,32H,9-12,15,27H2,1-5H3,(H,28,34)(H,29,31)/t24-/m0/s1. The first-order valence-corrected chi connectivity index (χ1v) is 11.4. The number of carbonyl (C=O) groups is 3. The number of rotatable bonds is 9. The lowest BCUT2D eigenvalue weighted by atomic mass is 9.96. The molecule has 0 saturated heterocycles. The van der Waals surface area contributed by atoms with Crippen LogP contribution in [0.2, 0.25) is 0 Å². The molecule has 0 heterocycles. The highest BCUT2D eigenvalue weighted by molar-refractivity contribution is 5.83. The van der Waals surface area contributed by atoms with Crippen molar-refractivity contribution >= 4 is 17.7 Å². The second-order valence-corrected chi connectivity index (χ2v) is 8.74. The van der Waals surface area contributed by atoms with Crippen molar-refractivity contribution in [2.45, 2.75) is 59.9 Å². The Morgan fingerprint density at radius 1 is 1.00 bits per heavy atom. The van der Waals surface area contributed by atoms with E-state index in [1.807, 2.05) is 45.9 Å². The molecule has 34 heavy (non-hydrogen) atoms. The Morgan fingerprint density at radius 2 is 1.59 bits per heavy atom. The van der Waals surface area contributed by atoms with Crippen molar-refractivity contribution in [2.75, 3.05) is 13.1 Å². The van der Waals surface area contributed by atoms with Gasteiger partial charge in [0.15, 0.2) is 0 Å². The normalized spacial score (nSPS) is 11.6. The van der Waals surface area contributed by atoms with E-state index in [1.165, 1.54) is 11.9 Å². The number of nitrogens with one attached hydrogen (secondary N) is 2. The zero-order valence-electron chi connectivity index (χ0n) is 20.7. The fourth-order valence-electron chi connectivity index (χ4n) is 4.07. The lowest BCUT2D eigenvalue weighted by Gasteiger charge is -2.24. The van der Waals surface area contributed by atoms with E-state index < -0.39 is 6.04 Å². The number of amides is 3. The number of carbonyl (C=O) groups excluding carboxylic acids is 3. The second kappa shape index (κ2) is 12.2. The molecule has 184 valence electrons. The number of nitrogens with zero attached hydrogens (tertiary/aromatic N) is 1. The molecule has 5 N–H and O–H groups in total. The average Bonchev–Trinajstić information content (AvgIpc) is 2.74. The van der Waals surface area contributed by atoms with Gasteiger partial charge in [-0.2, -0.15) is 0 Å². The van der Waals surface area contributed by atoms with E-state index in [2.05, 4.69) is 10.7 Å². The molecular formula is C26H36N4O4. The maximum atomic E-state index is 12.8. The van der Waals surface area contributed by atoms with Crippen molar-refractivity contribution in [1.82, 2.24) is 15.8 Å². The molecule has 0 bridgehead atoms. The number of aromatic hydroxyl groups is 1. The first kappa shape index (κ1) is 26.9. The minimum absolute atomic E-state index is 0.126. The minimum atomic E-state index is -0.782. The molecule has 0 radical (unpaired) electrons. The molecule has 8 heteroatoms. The molecule has 0 saturated carbocycles. The van der Waals surface area contributed by atoms with Gasteiger partial charge in [-0.15, -0.1) is 0 Å². The van der Waals surface area contributed by atoms with Crippen molar-refractivity contribution in [3.05, 3.63) is 63.7 Å². The van der Waals surface area contributed by atoms with Crippen LogP contribution in [-0.4, -0.2) is 47.0 Å². The number of phenolic OH excluding ortho intramolecular Hbond substituents is 1. The van der Waals surface area contributed by atoms with Crippen LogP contribution in [0.5, 0.6) is 5.75 Å². The van der Waals surface area contributed by atoms with Crippen LogP contribution in [0.1, 0.15) is 46.7 Å². The molecule has 8 nitrogen and oxygen atoms in total. The fraction of sp³-hybridized carbons (Fsp3) is 0.423. The molecule has 2 aromatic carbocycles.